The Morgan fingerprint density at radius 1 is 0.974 bits per heavy atom. The second-order valence-electron chi connectivity index (χ2n) is 8.69. The van der Waals surface area contributed by atoms with Gasteiger partial charge >= 0.3 is 0 Å². The number of amides is 1. The number of carbonyl (C=O) groups is 1. The summed E-state index contributed by atoms with van der Waals surface area (Å²) < 4.78 is 29.0. The first-order valence-electron chi connectivity index (χ1n) is 11.9. The summed E-state index contributed by atoms with van der Waals surface area (Å²) in [6.07, 6.45) is 0. The Labute approximate surface area is 237 Å². The van der Waals surface area contributed by atoms with Crippen LogP contribution in [-0.2, 0) is 10.0 Å². The monoisotopic (exact) mass is 591 g/mol. The van der Waals surface area contributed by atoms with E-state index in [0.29, 0.717) is 22.8 Å². The summed E-state index contributed by atoms with van der Waals surface area (Å²) >= 11 is 7.57. The third-order valence-corrected chi connectivity index (χ3v) is 8.89. The maximum Gasteiger partial charge on any atom is 0.261 e. The number of sulfonamides is 1. The van der Waals surface area contributed by atoms with E-state index in [4.69, 9.17) is 16.6 Å². The van der Waals surface area contributed by atoms with Gasteiger partial charge in [-0.1, -0.05) is 41.1 Å². The predicted molar refractivity (Wildman–Crippen MR) is 157 cm³/mol. The second kappa shape index (κ2) is 12.3. The molecule has 0 radical (unpaired) electrons. The minimum atomic E-state index is -3.79. The summed E-state index contributed by atoms with van der Waals surface area (Å²) in [7, 11) is -3.79. The summed E-state index contributed by atoms with van der Waals surface area (Å²) in [6.45, 7) is 4.82. The van der Waals surface area contributed by atoms with E-state index in [0.717, 1.165) is 43.4 Å². The Balaban J connectivity index is 0.00000336. The largest absolute Gasteiger partial charge is 0.351 e. The van der Waals surface area contributed by atoms with Gasteiger partial charge in [-0.05, 0) is 54.6 Å². The highest BCUT2D eigenvalue weighted by molar-refractivity contribution is 7.92. The van der Waals surface area contributed by atoms with Gasteiger partial charge in [0.05, 0.1) is 15.1 Å². The summed E-state index contributed by atoms with van der Waals surface area (Å²) in [5, 5.41) is 4.45. The van der Waals surface area contributed by atoms with Crippen LogP contribution < -0.4 is 14.9 Å². The lowest BCUT2D eigenvalue weighted by molar-refractivity contribution is 0.0948. The van der Waals surface area contributed by atoms with E-state index < -0.39 is 10.0 Å². The van der Waals surface area contributed by atoms with Crippen LogP contribution in [0.5, 0.6) is 0 Å². The Bertz CT molecular complexity index is 1470. The highest BCUT2D eigenvalue weighted by Gasteiger charge is 2.20. The third kappa shape index (κ3) is 6.75. The van der Waals surface area contributed by atoms with Crippen LogP contribution in [0.1, 0.15) is 10.4 Å². The predicted octanol–water partition coefficient (Wildman–Crippen LogP) is 4.72. The first-order valence-corrected chi connectivity index (χ1v) is 14.5. The number of anilines is 2. The number of para-hydroxylation sites is 1. The van der Waals surface area contributed by atoms with Crippen LogP contribution in [0, 0.1) is 0 Å². The lowest BCUT2D eigenvalue weighted by Gasteiger charge is -2.34. The van der Waals surface area contributed by atoms with E-state index in [9.17, 15) is 13.2 Å². The van der Waals surface area contributed by atoms with Gasteiger partial charge in [0.15, 0.2) is 5.13 Å². The van der Waals surface area contributed by atoms with Crippen LogP contribution >= 0.6 is 35.3 Å². The molecule has 1 amide bonds. The van der Waals surface area contributed by atoms with Gasteiger partial charge in [0.1, 0.15) is 0 Å². The van der Waals surface area contributed by atoms with Gasteiger partial charge in [0, 0.05) is 55.5 Å². The smallest absolute Gasteiger partial charge is 0.261 e. The Hall–Kier alpha value is -2.89. The number of nitrogens with zero attached hydrogens (tertiary/aromatic N) is 3. The standard InChI is InChI=1S/C26H26ClN5O3S2.ClH/c27-20-8-10-22(11-9-20)37(34,35)30-21-5-3-4-19(18-21)25(33)28-12-13-31-14-16-32(17-15-31)26-29-23-6-1-2-7-24(23)36-26;/h1-11,18,30H,12-17H2,(H,28,33);1H. The van der Waals surface area contributed by atoms with Crippen molar-refractivity contribution in [2.45, 2.75) is 4.90 Å². The number of benzene rings is 3. The van der Waals surface area contributed by atoms with Crippen LogP contribution in [0.25, 0.3) is 10.2 Å². The molecule has 0 aliphatic carbocycles. The molecule has 2 heterocycles. The number of carbonyl (C=O) groups excluding carboxylic acids is 1. The molecule has 5 rings (SSSR count). The molecule has 1 saturated heterocycles. The van der Waals surface area contributed by atoms with E-state index in [1.165, 1.54) is 35.0 Å². The molecule has 0 unspecified atom stereocenters. The van der Waals surface area contributed by atoms with Gasteiger partial charge in [-0.15, -0.1) is 12.4 Å². The van der Waals surface area contributed by atoms with Crippen LogP contribution in [-0.4, -0.2) is 63.5 Å². The van der Waals surface area contributed by atoms with Gasteiger partial charge in [-0.2, -0.15) is 0 Å². The zero-order valence-corrected chi connectivity index (χ0v) is 23.5. The van der Waals surface area contributed by atoms with Gasteiger partial charge in [-0.3, -0.25) is 14.4 Å². The molecule has 1 aliphatic rings. The van der Waals surface area contributed by atoms with E-state index in [1.807, 2.05) is 18.2 Å². The molecule has 3 aromatic carbocycles. The quantitative estimate of drug-likeness (QED) is 0.308. The molecule has 0 bridgehead atoms. The minimum Gasteiger partial charge on any atom is -0.351 e. The van der Waals surface area contributed by atoms with Crippen molar-refractivity contribution in [2.75, 3.05) is 48.9 Å². The number of piperazine rings is 1. The fraction of sp³-hybridized carbons (Fsp3) is 0.231. The van der Waals surface area contributed by atoms with Crippen molar-refractivity contribution in [2.24, 2.45) is 0 Å². The summed E-state index contributed by atoms with van der Waals surface area (Å²) in [6, 6.07) is 20.5. The molecule has 4 aromatic rings. The second-order valence-corrected chi connectivity index (χ2v) is 11.8. The number of halogens is 2. The first-order chi connectivity index (χ1) is 17.9. The van der Waals surface area contributed by atoms with Crippen LogP contribution in [0.2, 0.25) is 5.02 Å². The van der Waals surface area contributed by atoms with Crippen molar-refractivity contribution >= 4 is 72.3 Å². The Morgan fingerprint density at radius 2 is 1.71 bits per heavy atom. The van der Waals surface area contributed by atoms with Crippen molar-refractivity contribution in [3.05, 3.63) is 83.4 Å². The van der Waals surface area contributed by atoms with E-state index in [1.54, 1.807) is 29.5 Å². The number of thiazole rings is 1. The van der Waals surface area contributed by atoms with Gasteiger partial charge in [0.25, 0.3) is 15.9 Å². The zero-order valence-electron chi connectivity index (χ0n) is 20.3. The van der Waals surface area contributed by atoms with Gasteiger partial charge in [-0.25, -0.2) is 13.4 Å². The lowest BCUT2D eigenvalue weighted by Crippen LogP contribution is -2.48. The molecule has 1 aliphatic heterocycles. The third-order valence-electron chi connectivity index (χ3n) is 6.14. The molecule has 2 N–H and O–H groups in total. The van der Waals surface area contributed by atoms with Crippen LogP contribution in [0.4, 0.5) is 10.8 Å². The molecule has 0 atom stereocenters. The first kappa shape index (κ1) is 28.1. The van der Waals surface area contributed by atoms with Crippen molar-refractivity contribution in [3.8, 4) is 0 Å². The van der Waals surface area contributed by atoms with Crippen molar-refractivity contribution in [1.29, 1.82) is 0 Å². The molecule has 38 heavy (non-hydrogen) atoms. The number of hydrogen-bond donors (Lipinski definition) is 2. The number of aromatic nitrogens is 1. The van der Waals surface area contributed by atoms with Gasteiger partial charge in [0.2, 0.25) is 0 Å². The average Bonchev–Trinajstić information content (AvgIpc) is 3.34. The molecule has 200 valence electrons. The fourth-order valence-electron chi connectivity index (χ4n) is 4.14. The molecule has 8 nitrogen and oxygen atoms in total. The number of hydrogen-bond acceptors (Lipinski definition) is 7. The molecule has 12 heteroatoms. The number of rotatable bonds is 8. The normalized spacial score (nSPS) is 14.2. The summed E-state index contributed by atoms with van der Waals surface area (Å²) in [5.41, 5.74) is 1.74. The summed E-state index contributed by atoms with van der Waals surface area (Å²) in [4.78, 5) is 22.2. The SMILES string of the molecule is Cl.O=C(NCCN1CCN(c2nc3ccccc3s2)CC1)c1cccc(NS(=O)(=O)c2ccc(Cl)cc2)c1. The lowest BCUT2D eigenvalue weighted by atomic mass is 10.2. The Kier molecular flexibility index (Phi) is 9.11. The maximum atomic E-state index is 12.7. The topological polar surface area (TPSA) is 94.6 Å². The summed E-state index contributed by atoms with van der Waals surface area (Å²) in [5.74, 6) is -0.249. The highest BCUT2D eigenvalue weighted by Crippen LogP contribution is 2.29. The molecular weight excluding hydrogens is 565 g/mol. The van der Waals surface area contributed by atoms with E-state index in [2.05, 4.69) is 25.9 Å². The minimum absolute atomic E-state index is 0. The number of fused-ring (bicyclic) bond motifs is 1. The molecule has 1 aromatic heterocycles. The van der Waals surface area contributed by atoms with Crippen molar-refractivity contribution < 1.29 is 13.2 Å². The molecular formula is C26H27Cl2N5O3S2. The zero-order chi connectivity index (χ0) is 25.8. The van der Waals surface area contributed by atoms with Crippen molar-refractivity contribution in [3.63, 3.8) is 0 Å². The average molecular weight is 593 g/mol. The van der Waals surface area contributed by atoms with Crippen LogP contribution in [0.3, 0.4) is 0 Å². The van der Waals surface area contributed by atoms with E-state index >= 15 is 0 Å². The maximum absolute atomic E-state index is 12.7. The van der Waals surface area contributed by atoms with Crippen LogP contribution in [0.15, 0.2) is 77.7 Å². The number of nitrogens with one attached hydrogen (secondary N) is 2. The Morgan fingerprint density at radius 3 is 2.45 bits per heavy atom. The highest BCUT2D eigenvalue weighted by atomic mass is 35.5. The molecule has 1 fully saturated rings. The van der Waals surface area contributed by atoms with Gasteiger partial charge < -0.3 is 10.2 Å². The molecule has 0 saturated carbocycles. The van der Waals surface area contributed by atoms with Crippen molar-refractivity contribution in [1.82, 2.24) is 15.2 Å². The molecule has 0 spiro atoms. The van der Waals surface area contributed by atoms with E-state index in [-0.39, 0.29) is 23.2 Å². The fourth-order valence-corrected chi connectivity index (χ4v) is 6.33.